The fourth-order valence-electron chi connectivity index (χ4n) is 1.58. The number of rotatable bonds is 3. The highest BCUT2D eigenvalue weighted by molar-refractivity contribution is 7.99. The number of hydrogen-bond acceptors (Lipinski definition) is 4. The van der Waals surface area contributed by atoms with Crippen molar-refractivity contribution in [1.29, 1.82) is 0 Å². The summed E-state index contributed by atoms with van der Waals surface area (Å²) in [7, 11) is 0. The first kappa shape index (κ1) is 12.8. The molecule has 7 heteroatoms. The lowest BCUT2D eigenvalue weighted by molar-refractivity contribution is -0.117. The Balaban J connectivity index is 2.11. The third-order valence-corrected chi connectivity index (χ3v) is 3.47. The van der Waals surface area contributed by atoms with Gasteiger partial charge in [-0.2, -0.15) is 0 Å². The van der Waals surface area contributed by atoms with Gasteiger partial charge in [-0.3, -0.25) is 14.9 Å². The van der Waals surface area contributed by atoms with Crippen LogP contribution in [0.5, 0.6) is 0 Å². The van der Waals surface area contributed by atoms with Crippen LogP contribution in [0.3, 0.4) is 0 Å². The summed E-state index contributed by atoms with van der Waals surface area (Å²) in [6.45, 7) is 0. The molecule has 1 fully saturated rings. The number of benzene rings is 1. The van der Waals surface area contributed by atoms with Gasteiger partial charge >= 0.3 is 0 Å². The predicted molar refractivity (Wildman–Crippen MR) is 67.8 cm³/mol. The van der Waals surface area contributed by atoms with Crippen molar-refractivity contribution in [2.45, 2.75) is 6.04 Å². The van der Waals surface area contributed by atoms with E-state index in [1.807, 2.05) is 0 Å². The number of nitrogens with two attached hydrogens (primary N) is 1. The van der Waals surface area contributed by atoms with Crippen LogP contribution in [0, 0.1) is 5.82 Å². The first-order valence-electron chi connectivity index (χ1n) is 5.29. The quantitative estimate of drug-likeness (QED) is 0.747. The van der Waals surface area contributed by atoms with Gasteiger partial charge in [0.05, 0.1) is 11.6 Å². The summed E-state index contributed by atoms with van der Waals surface area (Å²) >= 11 is 1.63. The van der Waals surface area contributed by atoms with Gasteiger partial charge in [0, 0.05) is 17.3 Å². The Hall–Kier alpha value is -1.60. The van der Waals surface area contributed by atoms with Crippen molar-refractivity contribution >= 4 is 29.3 Å². The fourth-order valence-corrected chi connectivity index (χ4v) is 2.53. The zero-order valence-corrected chi connectivity index (χ0v) is 10.2. The smallest absolute Gasteiger partial charge is 0.251 e. The Kier molecular flexibility index (Phi) is 3.83. The van der Waals surface area contributed by atoms with E-state index in [4.69, 9.17) is 5.73 Å². The van der Waals surface area contributed by atoms with Crippen molar-refractivity contribution in [1.82, 2.24) is 5.32 Å². The van der Waals surface area contributed by atoms with Crippen molar-refractivity contribution in [2.75, 3.05) is 16.9 Å². The molecular weight excluding hydrogens is 257 g/mol. The topological polar surface area (TPSA) is 84.2 Å². The maximum atomic E-state index is 13.2. The highest BCUT2D eigenvalue weighted by Gasteiger charge is 2.22. The van der Waals surface area contributed by atoms with E-state index in [0.29, 0.717) is 11.4 Å². The molecule has 96 valence electrons. The second-order valence-corrected chi connectivity index (χ2v) is 4.85. The maximum absolute atomic E-state index is 13.2. The Morgan fingerprint density at radius 3 is 2.89 bits per heavy atom. The van der Waals surface area contributed by atoms with E-state index >= 15 is 0 Å². The zero-order chi connectivity index (χ0) is 13.1. The molecule has 1 atom stereocenters. The van der Waals surface area contributed by atoms with Gasteiger partial charge < -0.3 is 11.1 Å². The van der Waals surface area contributed by atoms with Crippen molar-refractivity contribution < 1.29 is 14.0 Å². The van der Waals surface area contributed by atoms with Crippen molar-refractivity contribution in [3.05, 3.63) is 29.6 Å². The van der Waals surface area contributed by atoms with E-state index in [1.54, 1.807) is 11.8 Å². The lowest BCUT2D eigenvalue weighted by Gasteiger charge is -2.11. The molecule has 4 N–H and O–H groups in total. The number of carbonyl (C=O) groups excluding carboxylic acids is 2. The summed E-state index contributed by atoms with van der Waals surface area (Å²) in [4.78, 5) is 22.8. The van der Waals surface area contributed by atoms with E-state index in [9.17, 15) is 14.0 Å². The molecule has 2 rings (SSSR count). The van der Waals surface area contributed by atoms with Crippen LogP contribution in [0.2, 0.25) is 0 Å². The first-order chi connectivity index (χ1) is 8.58. The van der Waals surface area contributed by atoms with Crippen LogP contribution in [-0.4, -0.2) is 29.5 Å². The summed E-state index contributed by atoms with van der Waals surface area (Å²) in [5.41, 5.74) is 5.15. The third kappa shape index (κ3) is 2.80. The molecule has 0 spiro atoms. The van der Waals surface area contributed by atoms with Gasteiger partial charge in [-0.15, -0.1) is 11.8 Å². The number of amides is 2. The minimum atomic E-state index is -0.863. The second kappa shape index (κ2) is 5.36. The number of anilines is 1. The lowest BCUT2D eigenvalue weighted by atomic mass is 10.1. The molecule has 1 aromatic rings. The van der Waals surface area contributed by atoms with Gasteiger partial charge in [0.25, 0.3) is 5.91 Å². The van der Waals surface area contributed by atoms with Crippen molar-refractivity contribution in [3.63, 3.8) is 0 Å². The van der Waals surface area contributed by atoms with E-state index in [-0.39, 0.29) is 17.5 Å². The molecule has 0 aromatic heterocycles. The molecule has 0 aliphatic carbocycles. The highest BCUT2D eigenvalue weighted by atomic mass is 32.2. The highest BCUT2D eigenvalue weighted by Crippen LogP contribution is 2.16. The average Bonchev–Trinajstić information content (AvgIpc) is 2.85. The van der Waals surface area contributed by atoms with E-state index in [2.05, 4.69) is 10.6 Å². The summed E-state index contributed by atoms with van der Waals surface area (Å²) in [5.74, 6) is -0.348. The van der Waals surface area contributed by atoms with Crippen LogP contribution in [0.4, 0.5) is 10.1 Å². The lowest BCUT2D eigenvalue weighted by Crippen LogP contribution is -2.37. The van der Waals surface area contributed by atoms with Crippen LogP contribution >= 0.6 is 11.8 Å². The molecule has 18 heavy (non-hydrogen) atoms. The number of carbonyl (C=O) groups is 2. The van der Waals surface area contributed by atoms with Crippen molar-refractivity contribution in [3.8, 4) is 0 Å². The van der Waals surface area contributed by atoms with Crippen LogP contribution in [0.1, 0.15) is 10.4 Å². The summed E-state index contributed by atoms with van der Waals surface area (Å²) in [5, 5.41) is 5.63. The molecule has 1 saturated heterocycles. The van der Waals surface area contributed by atoms with Gasteiger partial charge in [0.2, 0.25) is 5.91 Å². The number of hydrogen-bond donors (Lipinski definition) is 3. The first-order valence-corrected chi connectivity index (χ1v) is 6.45. The molecule has 0 saturated carbocycles. The van der Waals surface area contributed by atoms with Crippen molar-refractivity contribution in [2.24, 2.45) is 5.73 Å². The summed E-state index contributed by atoms with van der Waals surface area (Å²) in [6.07, 6.45) is 0. The standard InChI is InChI=1S/C11H12FN3O2S/c12-8-2-1-6(3-7(8)10(13)16)15-11(17)9-4-18-5-14-9/h1-3,9,14H,4-5H2,(H2,13,16)(H,15,17). The number of thioether (sulfide) groups is 1. The number of primary amides is 1. The SMILES string of the molecule is NC(=O)c1cc(NC(=O)C2CSCN2)ccc1F. The molecule has 1 unspecified atom stereocenters. The summed E-state index contributed by atoms with van der Waals surface area (Å²) < 4.78 is 13.2. The molecule has 1 aromatic carbocycles. The molecule has 0 radical (unpaired) electrons. The van der Waals surface area contributed by atoms with Crippen LogP contribution in [0.15, 0.2) is 18.2 Å². The van der Waals surface area contributed by atoms with Gasteiger partial charge in [-0.05, 0) is 18.2 Å². The Morgan fingerprint density at radius 1 is 1.50 bits per heavy atom. The molecule has 0 bridgehead atoms. The maximum Gasteiger partial charge on any atom is 0.251 e. The van der Waals surface area contributed by atoms with Gasteiger partial charge in [0.1, 0.15) is 5.82 Å². The molecule has 5 nitrogen and oxygen atoms in total. The molecular formula is C11H12FN3O2S. The van der Waals surface area contributed by atoms with Crippen LogP contribution < -0.4 is 16.4 Å². The van der Waals surface area contributed by atoms with E-state index in [1.165, 1.54) is 12.1 Å². The van der Waals surface area contributed by atoms with E-state index < -0.39 is 11.7 Å². The van der Waals surface area contributed by atoms with Gasteiger partial charge in [-0.25, -0.2) is 4.39 Å². The Bertz CT molecular complexity index is 489. The normalized spacial score (nSPS) is 18.6. The Morgan fingerprint density at radius 2 is 2.28 bits per heavy atom. The predicted octanol–water partition coefficient (Wildman–Crippen LogP) is 0.526. The molecule has 2 amide bonds. The third-order valence-electron chi connectivity index (χ3n) is 2.53. The minimum absolute atomic E-state index is 0.206. The molecule has 1 aliphatic rings. The fraction of sp³-hybridized carbons (Fsp3) is 0.273. The second-order valence-electron chi connectivity index (χ2n) is 3.82. The monoisotopic (exact) mass is 269 g/mol. The number of halogens is 1. The number of nitrogens with one attached hydrogen (secondary N) is 2. The summed E-state index contributed by atoms with van der Waals surface area (Å²) in [6, 6.07) is 3.46. The van der Waals surface area contributed by atoms with Crippen LogP contribution in [0.25, 0.3) is 0 Å². The molecule has 1 aliphatic heterocycles. The molecule has 1 heterocycles. The Labute approximate surface area is 107 Å². The van der Waals surface area contributed by atoms with E-state index in [0.717, 1.165) is 11.9 Å². The van der Waals surface area contributed by atoms with Gasteiger partial charge in [-0.1, -0.05) is 0 Å². The zero-order valence-electron chi connectivity index (χ0n) is 9.40. The van der Waals surface area contributed by atoms with Gasteiger partial charge in [0.15, 0.2) is 0 Å². The average molecular weight is 269 g/mol. The minimum Gasteiger partial charge on any atom is -0.366 e. The van der Waals surface area contributed by atoms with Crippen LogP contribution in [-0.2, 0) is 4.79 Å². The largest absolute Gasteiger partial charge is 0.366 e.